The van der Waals surface area contributed by atoms with E-state index in [9.17, 15) is 13.2 Å². The second kappa shape index (κ2) is 10.7. The fourth-order valence-corrected chi connectivity index (χ4v) is 6.05. The fourth-order valence-electron chi connectivity index (χ4n) is 4.37. The third-order valence-corrected chi connectivity index (χ3v) is 8.38. The number of carbonyl (C=O) groups excluding carboxylic acids is 1. The zero-order valence-electron chi connectivity index (χ0n) is 19.8. The van der Waals surface area contributed by atoms with E-state index in [0.717, 1.165) is 22.7 Å². The summed E-state index contributed by atoms with van der Waals surface area (Å²) in [5.74, 6) is -0.000346. The van der Waals surface area contributed by atoms with Crippen LogP contribution < -0.4 is 14.4 Å². The molecule has 1 aliphatic carbocycles. The number of ether oxygens (including phenoxy) is 1. The number of nitrogens with zero attached hydrogens (tertiary/aromatic N) is 1. The zero-order valence-corrected chi connectivity index (χ0v) is 21.4. The van der Waals surface area contributed by atoms with Crippen LogP contribution in [-0.2, 0) is 27.7 Å². The maximum atomic E-state index is 13.5. The summed E-state index contributed by atoms with van der Waals surface area (Å²) in [4.78, 5) is 13.2. The van der Waals surface area contributed by atoms with Crippen LogP contribution in [0.1, 0.15) is 42.5 Å². The zero-order chi connectivity index (χ0) is 25.0. The third kappa shape index (κ3) is 5.63. The Balaban J connectivity index is 1.59. The van der Waals surface area contributed by atoms with Gasteiger partial charge in [-0.3, -0.25) is 9.10 Å². The first-order valence-corrected chi connectivity index (χ1v) is 13.4. The van der Waals surface area contributed by atoms with Crippen LogP contribution in [0.2, 0.25) is 5.02 Å². The van der Waals surface area contributed by atoms with Crippen LogP contribution >= 0.6 is 11.6 Å². The number of hydrogen-bond donors (Lipinski definition) is 1. The largest absolute Gasteiger partial charge is 0.495 e. The summed E-state index contributed by atoms with van der Waals surface area (Å²) >= 11 is 6.28. The quantitative estimate of drug-likeness (QED) is 0.444. The molecule has 0 heterocycles. The van der Waals surface area contributed by atoms with Gasteiger partial charge in [0.2, 0.25) is 5.91 Å². The molecule has 0 fully saturated rings. The van der Waals surface area contributed by atoms with E-state index in [2.05, 4.69) is 17.4 Å². The van der Waals surface area contributed by atoms with Crippen molar-refractivity contribution in [2.24, 2.45) is 0 Å². The Morgan fingerprint density at radius 2 is 1.74 bits per heavy atom. The van der Waals surface area contributed by atoms with Gasteiger partial charge in [-0.25, -0.2) is 8.42 Å². The molecule has 0 bridgehead atoms. The van der Waals surface area contributed by atoms with Crippen molar-refractivity contribution < 1.29 is 17.9 Å². The fraction of sp³-hybridized carbons (Fsp3) is 0.296. The first-order valence-electron chi connectivity index (χ1n) is 11.6. The first-order chi connectivity index (χ1) is 16.8. The molecule has 1 unspecified atom stereocenters. The number of benzene rings is 3. The highest BCUT2D eigenvalue weighted by atomic mass is 35.5. The molecule has 6 nitrogen and oxygen atoms in total. The molecule has 1 atom stereocenters. The van der Waals surface area contributed by atoms with Gasteiger partial charge < -0.3 is 10.1 Å². The summed E-state index contributed by atoms with van der Waals surface area (Å²) in [5.41, 5.74) is 3.98. The minimum atomic E-state index is -4.02. The van der Waals surface area contributed by atoms with Crippen LogP contribution in [0, 0.1) is 0 Å². The highest BCUT2D eigenvalue weighted by molar-refractivity contribution is 7.92. The average Bonchev–Trinajstić information content (AvgIpc) is 2.87. The summed E-state index contributed by atoms with van der Waals surface area (Å²) in [7, 11) is -2.54. The van der Waals surface area contributed by atoms with Crippen LogP contribution in [0.3, 0.4) is 0 Å². The molecular formula is C27H29ClN2O4S. The van der Waals surface area contributed by atoms with Gasteiger partial charge in [0.1, 0.15) is 12.3 Å². The smallest absolute Gasteiger partial charge is 0.264 e. The van der Waals surface area contributed by atoms with E-state index < -0.39 is 22.5 Å². The normalized spacial score (nSPS) is 14.0. The molecule has 1 amide bonds. The van der Waals surface area contributed by atoms with Gasteiger partial charge in [0.25, 0.3) is 10.0 Å². The maximum Gasteiger partial charge on any atom is 0.264 e. The molecule has 4 rings (SSSR count). The molecule has 0 saturated carbocycles. The summed E-state index contributed by atoms with van der Waals surface area (Å²) in [6, 6.07) is 18.7. The molecule has 0 spiro atoms. The Labute approximate surface area is 211 Å². The second-order valence-electron chi connectivity index (χ2n) is 8.67. The van der Waals surface area contributed by atoms with Crippen molar-refractivity contribution in [2.45, 2.75) is 43.5 Å². The molecule has 1 N–H and O–H groups in total. The molecule has 35 heavy (non-hydrogen) atoms. The van der Waals surface area contributed by atoms with E-state index in [1.165, 1.54) is 49.3 Å². The number of rotatable bonds is 8. The van der Waals surface area contributed by atoms with Gasteiger partial charge in [-0.1, -0.05) is 48.0 Å². The Morgan fingerprint density at radius 1 is 1.03 bits per heavy atom. The number of amides is 1. The Kier molecular flexibility index (Phi) is 7.67. The monoisotopic (exact) mass is 512 g/mol. The topological polar surface area (TPSA) is 75.7 Å². The average molecular weight is 513 g/mol. The number of methoxy groups -OCH3 is 1. The van der Waals surface area contributed by atoms with E-state index in [1.807, 2.05) is 13.0 Å². The summed E-state index contributed by atoms with van der Waals surface area (Å²) in [5, 5.41) is 3.21. The van der Waals surface area contributed by atoms with Crippen molar-refractivity contribution >= 4 is 33.2 Å². The molecule has 3 aromatic carbocycles. The molecule has 8 heteroatoms. The lowest BCUT2D eigenvalue weighted by atomic mass is 9.89. The number of nitrogens with one attached hydrogen (secondary N) is 1. The lowest BCUT2D eigenvalue weighted by Crippen LogP contribution is -2.41. The number of halogens is 1. The second-order valence-corrected chi connectivity index (χ2v) is 10.9. The van der Waals surface area contributed by atoms with Crippen molar-refractivity contribution in [1.82, 2.24) is 5.32 Å². The molecule has 1 aliphatic rings. The van der Waals surface area contributed by atoms with Crippen LogP contribution in [0.5, 0.6) is 5.75 Å². The Morgan fingerprint density at radius 3 is 2.43 bits per heavy atom. The maximum absolute atomic E-state index is 13.5. The molecule has 0 aromatic heterocycles. The van der Waals surface area contributed by atoms with Crippen molar-refractivity contribution in [1.29, 1.82) is 0 Å². The lowest BCUT2D eigenvalue weighted by molar-refractivity contribution is -0.120. The SMILES string of the molecule is COc1ccc(N(CC(=O)NC(C)c2ccc3c(c2)CCCC3)S(=O)(=O)c2ccccc2)cc1Cl. The Hall–Kier alpha value is -3.03. The van der Waals surface area contributed by atoms with Gasteiger partial charge in [-0.05, 0) is 79.6 Å². The molecule has 184 valence electrons. The van der Waals surface area contributed by atoms with E-state index in [0.29, 0.717) is 5.75 Å². The highest BCUT2D eigenvalue weighted by Crippen LogP contribution is 2.32. The number of aryl methyl sites for hydroxylation is 2. The van der Waals surface area contributed by atoms with Gasteiger partial charge >= 0.3 is 0 Å². The predicted molar refractivity (Wildman–Crippen MR) is 139 cm³/mol. The minimum absolute atomic E-state index is 0.0856. The standard InChI is InChI=1S/C27H29ClN2O4S/c1-19(21-13-12-20-8-6-7-9-22(20)16-21)29-27(31)18-30(23-14-15-26(34-2)25(28)17-23)35(32,33)24-10-4-3-5-11-24/h3-5,10-17,19H,6-9,18H2,1-2H3,(H,29,31). The van der Waals surface area contributed by atoms with Crippen molar-refractivity contribution in [3.05, 3.63) is 88.4 Å². The highest BCUT2D eigenvalue weighted by Gasteiger charge is 2.28. The number of anilines is 1. The number of carbonyl (C=O) groups is 1. The predicted octanol–water partition coefficient (Wildman–Crippen LogP) is 5.30. The molecule has 0 saturated heterocycles. The van der Waals surface area contributed by atoms with Crippen molar-refractivity contribution in [3.8, 4) is 5.75 Å². The summed E-state index contributed by atoms with van der Waals surface area (Å²) in [6.45, 7) is 1.51. The third-order valence-electron chi connectivity index (χ3n) is 6.29. The van der Waals surface area contributed by atoms with Crippen LogP contribution in [0.4, 0.5) is 5.69 Å². The number of fused-ring (bicyclic) bond motifs is 1. The lowest BCUT2D eigenvalue weighted by Gasteiger charge is -2.26. The van der Waals surface area contributed by atoms with Gasteiger partial charge in [-0.15, -0.1) is 0 Å². The van der Waals surface area contributed by atoms with Gasteiger partial charge in [0, 0.05) is 0 Å². The molecule has 0 aliphatic heterocycles. The number of sulfonamides is 1. The Bertz CT molecular complexity index is 1310. The van der Waals surface area contributed by atoms with E-state index in [4.69, 9.17) is 16.3 Å². The van der Waals surface area contributed by atoms with Crippen molar-refractivity contribution in [2.75, 3.05) is 18.0 Å². The number of hydrogen-bond acceptors (Lipinski definition) is 4. The molecule has 0 radical (unpaired) electrons. The van der Waals surface area contributed by atoms with E-state index >= 15 is 0 Å². The van der Waals surface area contributed by atoms with Crippen molar-refractivity contribution in [3.63, 3.8) is 0 Å². The molecular weight excluding hydrogens is 484 g/mol. The summed E-state index contributed by atoms with van der Waals surface area (Å²) in [6.07, 6.45) is 4.52. The summed E-state index contributed by atoms with van der Waals surface area (Å²) < 4.78 is 33.3. The van der Waals surface area contributed by atoms with Gasteiger partial charge in [0.15, 0.2) is 0 Å². The van der Waals surface area contributed by atoms with E-state index in [-0.39, 0.29) is 21.6 Å². The van der Waals surface area contributed by atoms with Crippen LogP contribution in [0.25, 0.3) is 0 Å². The molecule has 3 aromatic rings. The first kappa shape index (κ1) is 25.1. The minimum Gasteiger partial charge on any atom is -0.495 e. The van der Waals surface area contributed by atoms with Crippen LogP contribution in [-0.4, -0.2) is 28.0 Å². The van der Waals surface area contributed by atoms with Crippen LogP contribution in [0.15, 0.2) is 71.6 Å². The van der Waals surface area contributed by atoms with Gasteiger partial charge in [0.05, 0.1) is 28.8 Å². The van der Waals surface area contributed by atoms with Gasteiger partial charge in [-0.2, -0.15) is 0 Å². The van der Waals surface area contributed by atoms with E-state index in [1.54, 1.807) is 30.3 Å².